The third kappa shape index (κ3) is 5.70. The number of thiazole rings is 1. The smallest absolute Gasteiger partial charge is 0.237 e. The van der Waals surface area contributed by atoms with Gasteiger partial charge in [0.15, 0.2) is 0 Å². The molecule has 0 aliphatic carbocycles. The molecule has 0 aliphatic rings. The second-order valence-corrected chi connectivity index (χ2v) is 6.92. The van der Waals surface area contributed by atoms with E-state index in [9.17, 15) is 4.79 Å². The molecule has 0 aliphatic heterocycles. The van der Waals surface area contributed by atoms with Gasteiger partial charge in [-0.15, -0.1) is 11.3 Å². The highest BCUT2D eigenvalue weighted by Gasteiger charge is 2.26. The topological polar surface area (TPSA) is 68.0 Å². The van der Waals surface area contributed by atoms with Crippen LogP contribution in [0.4, 0.5) is 0 Å². The first-order chi connectivity index (χ1) is 8.80. The summed E-state index contributed by atoms with van der Waals surface area (Å²) in [5, 5.41) is 6.14. The van der Waals surface area contributed by atoms with E-state index in [2.05, 4.69) is 15.7 Å². The number of unbranched alkanes of at least 4 members (excludes halogenated alkanes) is 1. The van der Waals surface area contributed by atoms with Crippen LogP contribution in [0.3, 0.4) is 0 Å². The second kappa shape index (κ2) is 7.01. The molecule has 108 valence electrons. The van der Waals surface area contributed by atoms with Crippen LogP contribution >= 0.6 is 11.3 Å². The molecule has 1 rings (SSSR count). The van der Waals surface area contributed by atoms with Crippen LogP contribution in [0.25, 0.3) is 0 Å². The Kier molecular flexibility index (Phi) is 5.94. The standard InChI is InChI=1S/C14H25N3OS/c1-10-9-19-11(17-10)7-5-6-8-16-13(18)12(15)14(2,3)4/h9,12H,5-8,15H2,1-4H3,(H,16,18)/t12-/m1/s1. The van der Waals surface area contributed by atoms with E-state index in [1.54, 1.807) is 11.3 Å². The van der Waals surface area contributed by atoms with Crippen molar-refractivity contribution in [1.82, 2.24) is 10.3 Å². The van der Waals surface area contributed by atoms with Crippen molar-refractivity contribution in [3.8, 4) is 0 Å². The summed E-state index contributed by atoms with van der Waals surface area (Å²) in [6, 6.07) is -0.450. The number of aromatic nitrogens is 1. The predicted octanol–water partition coefficient (Wildman–Crippen LogP) is 2.26. The van der Waals surface area contributed by atoms with Gasteiger partial charge in [0.05, 0.1) is 11.0 Å². The summed E-state index contributed by atoms with van der Waals surface area (Å²) in [6.45, 7) is 8.62. The average molecular weight is 283 g/mol. The third-order valence-electron chi connectivity index (χ3n) is 3.00. The first-order valence-corrected chi connectivity index (χ1v) is 7.63. The van der Waals surface area contributed by atoms with Crippen molar-refractivity contribution >= 4 is 17.2 Å². The predicted molar refractivity (Wildman–Crippen MR) is 80.2 cm³/mol. The van der Waals surface area contributed by atoms with E-state index in [1.165, 1.54) is 5.01 Å². The van der Waals surface area contributed by atoms with Crippen molar-refractivity contribution in [2.45, 2.75) is 53.0 Å². The summed E-state index contributed by atoms with van der Waals surface area (Å²) >= 11 is 1.70. The molecule has 0 radical (unpaired) electrons. The van der Waals surface area contributed by atoms with Crippen LogP contribution in [-0.2, 0) is 11.2 Å². The molecule has 0 saturated carbocycles. The van der Waals surface area contributed by atoms with E-state index in [1.807, 2.05) is 27.7 Å². The lowest BCUT2D eigenvalue weighted by Gasteiger charge is -2.25. The highest BCUT2D eigenvalue weighted by Crippen LogP contribution is 2.17. The summed E-state index contributed by atoms with van der Waals surface area (Å²) in [7, 11) is 0. The highest BCUT2D eigenvalue weighted by molar-refractivity contribution is 7.09. The van der Waals surface area contributed by atoms with E-state index in [-0.39, 0.29) is 11.3 Å². The first kappa shape index (κ1) is 16.1. The van der Waals surface area contributed by atoms with Gasteiger partial charge in [0.25, 0.3) is 0 Å². The second-order valence-electron chi connectivity index (χ2n) is 5.97. The summed E-state index contributed by atoms with van der Waals surface area (Å²) < 4.78 is 0. The van der Waals surface area contributed by atoms with E-state index in [0.29, 0.717) is 6.54 Å². The molecule has 0 aromatic carbocycles. The summed E-state index contributed by atoms with van der Waals surface area (Å²) in [5.41, 5.74) is 6.78. The number of amides is 1. The highest BCUT2D eigenvalue weighted by atomic mass is 32.1. The van der Waals surface area contributed by atoms with Gasteiger partial charge in [0, 0.05) is 17.6 Å². The number of carbonyl (C=O) groups excluding carboxylic acids is 1. The summed E-state index contributed by atoms with van der Waals surface area (Å²) in [6.07, 6.45) is 2.99. The fraction of sp³-hybridized carbons (Fsp3) is 0.714. The van der Waals surface area contributed by atoms with Crippen LogP contribution in [0.2, 0.25) is 0 Å². The molecular formula is C14H25N3OS. The Morgan fingerprint density at radius 2 is 2.16 bits per heavy atom. The first-order valence-electron chi connectivity index (χ1n) is 6.75. The Morgan fingerprint density at radius 1 is 1.47 bits per heavy atom. The van der Waals surface area contributed by atoms with E-state index in [4.69, 9.17) is 5.73 Å². The number of rotatable bonds is 6. The number of carbonyl (C=O) groups is 1. The Balaban J connectivity index is 2.16. The van der Waals surface area contributed by atoms with Crippen molar-refractivity contribution < 1.29 is 4.79 Å². The third-order valence-corrected chi connectivity index (χ3v) is 4.03. The normalized spacial score (nSPS) is 13.3. The van der Waals surface area contributed by atoms with Gasteiger partial charge in [-0.05, 0) is 31.6 Å². The van der Waals surface area contributed by atoms with E-state index < -0.39 is 6.04 Å². The largest absolute Gasteiger partial charge is 0.355 e. The Hall–Kier alpha value is -0.940. The Bertz CT molecular complexity index is 409. The number of nitrogens with two attached hydrogens (primary N) is 1. The molecule has 1 atom stereocenters. The molecule has 4 nitrogen and oxygen atoms in total. The zero-order valence-electron chi connectivity index (χ0n) is 12.3. The number of aryl methyl sites for hydroxylation is 2. The van der Waals surface area contributed by atoms with Gasteiger partial charge >= 0.3 is 0 Å². The van der Waals surface area contributed by atoms with Crippen LogP contribution in [0.5, 0.6) is 0 Å². The maximum Gasteiger partial charge on any atom is 0.237 e. The molecule has 1 heterocycles. The number of hydrogen-bond donors (Lipinski definition) is 2. The summed E-state index contributed by atoms with van der Waals surface area (Å²) in [4.78, 5) is 16.2. The number of nitrogens with one attached hydrogen (secondary N) is 1. The minimum Gasteiger partial charge on any atom is -0.355 e. The molecule has 5 heteroatoms. The lowest BCUT2D eigenvalue weighted by molar-refractivity contribution is -0.124. The van der Waals surface area contributed by atoms with Crippen LogP contribution in [0.1, 0.15) is 44.3 Å². The van der Waals surface area contributed by atoms with Gasteiger partial charge in [0.2, 0.25) is 5.91 Å². The molecule has 0 spiro atoms. The lowest BCUT2D eigenvalue weighted by Crippen LogP contribution is -2.48. The maximum absolute atomic E-state index is 11.8. The lowest BCUT2D eigenvalue weighted by atomic mass is 9.87. The fourth-order valence-corrected chi connectivity index (χ4v) is 2.45. The molecule has 0 fully saturated rings. The number of hydrogen-bond acceptors (Lipinski definition) is 4. The minimum absolute atomic E-state index is 0.0578. The van der Waals surface area contributed by atoms with Gasteiger partial charge in [-0.3, -0.25) is 4.79 Å². The zero-order chi connectivity index (χ0) is 14.5. The monoisotopic (exact) mass is 283 g/mol. The van der Waals surface area contributed by atoms with Crippen LogP contribution < -0.4 is 11.1 Å². The van der Waals surface area contributed by atoms with Crippen molar-refractivity contribution in [3.63, 3.8) is 0 Å². The molecule has 19 heavy (non-hydrogen) atoms. The fourth-order valence-electron chi connectivity index (χ4n) is 1.63. The zero-order valence-corrected chi connectivity index (χ0v) is 13.1. The molecule has 0 unspecified atom stereocenters. The molecule has 1 amide bonds. The molecule has 0 saturated heterocycles. The Labute approximate surface area is 119 Å². The van der Waals surface area contributed by atoms with Gasteiger partial charge in [-0.2, -0.15) is 0 Å². The van der Waals surface area contributed by atoms with E-state index >= 15 is 0 Å². The van der Waals surface area contributed by atoms with Crippen molar-refractivity contribution in [3.05, 3.63) is 16.1 Å². The van der Waals surface area contributed by atoms with Crippen molar-refractivity contribution in [1.29, 1.82) is 0 Å². The molecule has 3 N–H and O–H groups in total. The van der Waals surface area contributed by atoms with Crippen LogP contribution in [-0.4, -0.2) is 23.5 Å². The maximum atomic E-state index is 11.8. The molecule has 1 aromatic rings. The van der Waals surface area contributed by atoms with Gasteiger partial charge in [-0.25, -0.2) is 4.98 Å². The van der Waals surface area contributed by atoms with E-state index in [0.717, 1.165) is 25.0 Å². The number of nitrogens with zero attached hydrogens (tertiary/aromatic N) is 1. The SMILES string of the molecule is Cc1csc(CCCCNC(=O)[C@@H](N)C(C)(C)C)n1. The van der Waals surface area contributed by atoms with Gasteiger partial charge in [-0.1, -0.05) is 20.8 Å². The van der Waals surface area contributed by atoms with Crippen molar-refractivity contribution in [2.75, 3.05) is 6.54 Å². The Morgan fingerprint density at radius 3 is 2.68 bits per heavy atom. The molecule has 1 aromatic heterocycles. The average Bonchev–Trinajstić information content (AvgIpc) is 2.72. The van der Waals surface area contributed by atoms with Gasteiger partial charge < -0.3 is 11.1 Å². The van der Waals surface area contributed by atoms with Crippen LogP contribution in [0.15, 0.2) is 5.38 Å². The molecule has 0 bridgehead atoms. The van der Waals surface area contributed by atoms with Crippen molar-refractivity contribution in [2.24, 2.45) is 11.1 Å². The summed E-state index contributed by atoms with van der Waals surface area (Å²) in [5.74, 6) is -0.0578. The minimum atomic E-state index is -0.450. The van der Waals surface area contributed by atoms with Gasteiger partial charge in [0.1, 0.15) is 0 Å². The quantitative estimate of drug-likeness (QED) is 0.787. The molecular weight excluding hydrogens is 258 g/mol. The van der Waals surface area contributed by atoms with Crippen LogP contribution in [0, 0.1) is 12.3 Å².